The SMILES string of the molecule is Cc1c(S(=O)(=O)N2CCCCCC2C)c(N)nn1C. The summed E-state index contributed by atoms with van der Waals surface area (Å²) in [4.78, 5) is 0.170. The molecule has 1 saturated heterocycles. The number of nitrogens with two attached hydrogens (primary N) is 1. The van der Waals surface area contributed by atoms with E-state index in [1.54, 1.807) is 18.3 Å². The molecule has 0 aromatic carbocycles. The van der Waals surface area contributed by atoms with Crippen LogP contribution in [-0.2, 0) is 17.1 Å². The van der Waals surface area contributed by atoms with Crippen molar-refractivity contribution < 1.29 is 8.42 Å². The first-order chi connectivity index (χ1) is 8.85. The van der Waals surface area contributed by atoms with Crippen LogP contribution in [0.15, 0.2) is 4.90 Å². The van der Waals surface area contributed by atoms with E-state index in [1.807, 2.05) is 6.92 Å². The highest BCUT2D eigenvalue weighted by atomic mass is 32.2. The fourth-order valence-corrected chi connectivity index (χ4v) is 4.65. The van der Waals surface area contributed by atoms with E-state index in [0.717, 1.165) is 25.7 Å². The van der Waals surface area contributed by atoms with E-state index in [9.17, 15) is 8.42 Å². The molecule has 1 aliphatic heterocycles. The second-order valence-corrected chi connectivity index (χ2v) is 7.06. The van der Waals surface area contributed by atoms with Crippen LogP contribution < -0.4 is 5.73 Å². The summed E-state index contributed by atoms with van der Waals surface area (Å²) in [6, 6.07) is 0.0199. The van der Waals surface area contributed by atoms with E-state index in [0.29, 0.717) is 12.2 Å². The van der Waals surface area contributed by atoms with Gasteiger partial charge in [-0.3, -0.25) is 4.68 Å². The summed E-state index contributed by atoms with van der Waals surface area (Å²) in [7, 11) is -1.85. The number of aryl methyl sites for hydroxylation is 1. The molecule has 0 amide bonds. The van der Waals surface area contributed by atoms with Gasteiger partial charge in [-0.15, -0.1) is 0 Å². The third-order valence-electron chi connectivity index (χ3n) is 3.86. The molecule has 0 bridgehead atoms. The van der Waals surface area contributed by atoms with Gasteiger partial charge < -0.3 is 5.73 Å². The fraction of sp³-hybridized carbons (Fsp3) is 0.750. The molecule has 1 fully saturated rings. The normalized spacial score (nSPS) is 22.4. The van der Waals surface area contributed by atoms with Gasteiger partial charge in [-0.05, 0) is 26.7 Å². The van der Waals surface area contributed by atoms with Crippen LogP contribution >= 0.6 is 0 Å². The summed E-state index contributed by atoms with van der Waals surface area (Å²) >= 11 is 0. The predicted molar refractivity (Wildman–Crippen MR) is 74.2 cm³/mol. The standard InChI is InChI=1S/C12H22N4O2S/c1-9-7-5-4-6-8-16(9)19(17,18)11-10(2)15(3)14-12(11)13/h9H,4-8H2,1-3H3,(H2,13,14). The van der Waals surface area contributed by atoms with Gasteiger partial charge in [0.1, 0.15) is 4.90 Å². The number of hydrogen-bond acceptors (Lipinski definition) is 4. The maximum absolute atomic E-state index is 12.8. The van der Waals surface area contributed by atoms with Crippen molar-refractivity contribution in [2.24, 2.45) is 7.05 Å². The zero-order chi connectivity index (χ0) is 14.2. The molecule has 1 aromatic rings. The van der Waals surface area contributed by atoms with Crippen molar-refractivity contribution in [3.05, 3.63) is 5.69 Å². The molecule has 0 aliphatic carbocycles. The minimum Gasteiger partial charge on any atom is -0.381 e. The zero-order valence-corrected chi connectivity index (χ0v) is 12.6. The topological polar surface area (TPSA) is 81.2 Å². The maximum Gasteiger partial charge on any atom is 0.248 e. The molecule has 19 heavy (non-hydrogen) atoms. The van der Waals surface area contributed by atoms with Crippen molar-refractivity contribution >= 4 is 15.8 Å². The van der Waals surface area contributed by atoms with Crippen LogP contribution in [0, 0.1) is 6.92 Å². The molecule has 1 unspecified atom stereocenters. The van der Waals surface area contributed by atoms with Gasteiger partial charge in [0.05, 0.1) is 5.69 Å². The minimum atomic E-state index is -3.55. The van der Waals surface area contributed by atoms with Crippen LogP contribution in [0.4, 0.5) is 5.82 Å². The highest BCUT2D eigenvalue weighted by Crippen LogP contribution is 2.29. The Balaban J connectivity index is 2.46. The molecule has 0 radical (unpaired) electrons. The van der Waals surface area contributed by atoms with Gasteiger partial charge in [0.25, 0.3) is 0 Å². The molecule has 108 valence electrons. The summed E-state index contributed by atoms with van der Waals surface area (Å²) in [5.41, 5.74) is 6.37. The third kappa shape index (κ3) is 2.49. The Morgan fingerprint density at radius 3 is 2.58 bits per heavy atom. The molecule has 2 rings (SSSR count). The van der Waals surface area contributed by atoms with E-state index in [2.05, 4.69) is 5.10 Å². The molecular weight excluding hydrogens is 264 g/mol. The molecule has 1 atom stereocenters. The van der Waals surface area contributed by atoms with Gasteiger partial charge in [-0.2, -0.15) is 9.40 Å². The Labute approximate surface area is 114 Å². The van der Waals surface area contributed by atoms with Crippen molar-refractivity contribution in [1.82, 2.24) is 14.1 Å². The van der Waals surface area contributed by atoms with Gasteiger partial charge in [0.2, 0.25) is 10.0 Å². The van der Waals surface area contributed by atoms with Crippen LogP contribution in [0.2, 0.25) is 0 Å². The lowest BCUT2D eigenvalue weighted by Gasteiger charge is -2.26. The zero-order valence-electron chi connectivity index (χ0n) is 11.8. The summed E-state index contributed by atoms with van der Waals surface area (Å²) in [5.74, 6) is 0.0939. The lowest BCUT2D eigenvalue weighted by atomic mass is 10.1. The number of nitrogen functional groups attached to an aromatic ring is 1. The van der Waals surface area contributed by atoms with E-state index in [-0.39, 0.29) is 16.8 Å². The highest BCUT2D eigenvalue weighted by Gasteiger charge is 2.34. The number of rotatable bonds is 2. The van der Waals surface area contributed by atoms with Crippen LogP contribution in [0.1, 0.15) is 38.3 Å². The summed E-state index contributed by atoms with van der Waals surface area (Å²) < 4.78 is 28.7. The number of hydrogen-bond donors (Lipinski definition) is 1. The second-order valence-electron chi connectivity index (χ2n) is 5.24. The molecule has 1 aliphatic rings. The third-order valence-corrected chi connectivity index (χ3v) is 6.04. The number of aromatic nitrogens is 2. The van der Waals surface area contributed by atoms with Crippen molar-refractivity contribution in [2.45, 2.75) is 50.5 Å². The number of sulfonamides is 1. The van der Waals surface area contributed by atoms with Crippen LogP contribution in [0.3, 0.4) is 0 Å². The lowest BCUT2D eigenvalue weighted by Crippen LogP contribution is -2.38. The molecule has 6 nitrogen and oxygen atoms in total. The van der Waals surface area contributed by atoms with Crippen molar-refractivity contribution in [3.63, 3.8) is 0 Å². The van der Waals surface area contributed by atoms with Gasteiger partial charge in [-0.1, -0.05) is 12.8 Å². The first kappa shape index (κ1) is 14.3. The van der Waals surface area contributed by atoms with Gasteiger partial charge in [0.15, 0.2) is 5.82 Å². The molecule has 0 spiro atoms. The molecule has 2 heterocycles. The Hall–Kier alpha value is -1.08. The van der Waals surface area contributed by atoms with Gasteiger partial charge >= 0.3 is 0 Å². The van der Waals surface area contributed by atoms with E-state index >= 15 is 0 Å². The van der Waals surface area contributed by atoms with Gasteiger partial charge in [0, 0.05) is 19.6 Å². The Morgan fingerprint density at radius 2 is 2.00 bits per heavy atom. The van der Waals surface area contributed by atoms with Crippen molar-refractivity contribution in [3.8, 4) is 0 Å². The van der Waals surface area contributed by atoms with Crippen molar-refractivity contribution in [2.75, 3.05) is 12.3 Å². The Bertz CT molecular complexity index is 565. The summed E-state index contributed by atoms with van der Waals surface area (Å²) in [5, 5.41) is 4.01. The first-order valence-corrected chi connectivity index (χ1v) is 8.10. The molecule has 1 aromatic heterocycles. The predicted octanol–water partition coefficient (Wildman–Crippen LogP) is 1.26. The smallest absolute Gasteiger partial charge is 0.248 e. The Kier molecular flexibility index (Phi) is 3.87. The quantitative estimate of drug-likeness (QED) is 0.887. The van der Waals surface area contributed by atoms with E-state index in [1.165, 1.54) is 4.68 Å². The second kappa shape index (κ2) is 5.13. The van der Waals surface area contributed by atoms with Crippen molar-refractivity contribution in [1.29, 1.82) is 0 Å². The monoisotopic (exact) mass is 286 g/mol. The van der Waals surface area contributed by atoms with E-state index < -0.39 is 10.0 Å². The van der Waals surface area contributed by atoms with Gasteiger partial charge in [-0.25, -0.2) is 8.42 Å². The van der Waals surface area contributed by atoms with Crippen LogP contribution in [0.5, 0.6) is 0 Å². The molecule has 7 heteroatoms. The van der Waals surface area contributed by atoms with E-state index in [4.69, 9.17) is 5.73 Å². The number of nitrogens with zero attached hydrogens (tertiary/aromatic N) is 3. The lowest BCUT2D eigenvalue weighted by molar-refractivity contribution is 0.342. The molecular formula is C12H22N4O2S. The molecule has 0 saturated carbocycles. The largest absolute Gasteiger partial charge is 0.381 e. The van der Waals surface area contributed by atoms with Crippen LogP contribution in [-0.4, -0.2) is 35.1 Å². The van der Waals surface area contributed by atoms with Crippen LogP contribution in [0.25, 0.3) is 0 Å². The average Bonchev–Trinajstić information content (AvgIpc) is 2.51. The fourth-order valence-electron chi connectivity index (χ4n) is 2.66. The Morgan fingerprint density at radius 1 is 1.32 bits per heavy atom. The number of anilines is 1. The maximum atomic E-state index is 12.8. The highest BCUT2D eigenvalue weighted by molar-refractivity contribution is 7.89. The molecule has 2 N–H and O–H groups in total. The average molecular weight is 286 g/mol. The summed E-state index contributed by atoms with van der Waals surface area (Å²) in [6.45, 7) is 4.26. The minimum absolute atomic E-state index is 0.0199. The first-order valence-electron chi connectivity index (χ1n) is 6.66. The summed E-state index contributed by atoms with van der Waals surface area (Å²) in [6.07, 6.45) is 3.97.